The smallest absolute Gasteiger partial charge is 0.240 e. The fourth-order valence-electron chi connectivity index (χ4n) is 1.53. The minimum atomic E-state index is -3.47. The highest BCUT2D eigenvalue weighted by Crippen LogP contribution is 2.20. The van der Waals surface area contributed by atoms with Gasteiger partial charge in [-0.3, -0.25) is 0 Å². The fourth-order valence-corrected chi connectivity index (χ4v) is 2.98. The number of benzene rings is 1. The Morgan fingerprint density at radius 3 is 2.40 bits per heavy atom. The highest BCUT2D eigenvalue weighted by molar-refractivity contribution is 7.89. The molecule has 0 saturated carbocycles. The first kappa shape index (κ1) is 17.4. The summed E-state index contributed by atoms with van der Waals surface area (Å²) in [5, 5.41) is 3.80. The molecule has 1 rings (SSSR count). The molecule has 20 heavy (non-hydrogen) atoms. The van der Waals surface area contributed by atoms with Crippen LogP contribution in [-0.4, -0.2) is 21.0 Å². The van der Waals surface area contributed by atoms with Gasteiger partial charge in [-0.1, -0.05) is 39.3 Å². The Kier molecular flexibility index (Phi) is 6.45. The standard InChI is InChI=1S/C14H23ClN2O2S/c1-10(2)8-17-20(18,19)13-5-6-14(15)12(7-13)9-16-11(3)4/h5-7,10-11,16-17H,8-9H2,1-4H3. The van der Waals surface area contributed by atoms with Crippen molar-refractivity contribution in [2.45, 2.75) is 45.2 Å². The van der Waals surface area contributed by atoms with Gasteiger partial charge in [-0.15, -0.1) is 0 Å². The van der Waals surface area contributed by atoms with Gasteiger partial charge in [0.1, 0.15) is 0 Å². The molecule has 1 aromatic rings. The lowest BCUT2D eigenvalue weighted by Gasteiger charge is -2.13. The van der Waals surface area contributed by atoms with Crippen LogP contribution in [-0.2, 0) is 16.6 Å². The molecule has 2 N–H and O–H groups in total. The van der Waals surface area contributed by atoms with Crippen molar-refractivity contribution < 1.29 is 8.42 Å². The number of nitrogens with one attached hydrogen (secondary N) is 2. The Balaban J connectivity index is 2.93. The van der Waals surface area contributed by atoms with Crippen molar-refractivity contribution in [2.75, 3.05) is 6.54 Å². The molecule has 0 aliphatic carbocycles. The molecule has 0 amide bonds. The van der Waals surface area contributed by atoms with Gasteiger partial charge in [-0.25, -0.2) is 13.1 Å². The van der Waals surface area contributed by atoms with Gasteiger partial charge in [-0.05, 0) is 29.7 Å². The number of rotatable bonds is 7. The summed E-state index contributed by atoms with van der Waals surface area (Å²) >= 11 is 6.10. The van der Waals surface area contributed by atoms with Gasteiger partial charge < -0.3 is 5.32 Å². The summed E-state index contributed by atoms with van der Waals surface area (Å²) < 4.78 is 26.9. The Bertz CT molecular complexity index is 542. The fraction of sp³-hybridized carbons (Fsp3) is 0.571. The second kappa shape index (κ2) is 7.41. The van der Waals surface area contributed by atoms with Crippen LogP contribution in [0.1, 0.15) is 33.3 Å². The minimum Gasteiger partial charge on any atom is -0.310 e. The van der Waals surface area contributed by atoms with E-state index in [1.807, 2.05) is 27.7 Å². The molecule has 0 saturated heterocycles. The molecule has 0 unspecified atom stereocenters. The van der Waals surface area contributed by atoms with Crippen molar-refractivity contribution in [2.24, 2.45) is 5.92 Å². The summed E-state index contributed by atoms with van der Waals surface area (Å²) in [6, 6.07) is 5.10. The van der Waals surface area contributed by atoms with Gasteiger partial charge in [0.2, 0.25) is 10.0 Å². The van der Waals surface area contributed by atoms with Crippen LogP contribution in [0.25, 0.3) is 0 Å². The highest BCUT2D eigenvalue weighted by atomic mass is 35.5. The minimum absolute atomic E-state index is 0.253. The van der Waals surface area contributed by atoms with Crippen LogP contribution in [0.2, 0.25) is 5.02 Å². The first-order valence-corrected chi connectivity index (χ1v) is 8.60. The van der Waals surface area contributed by atoms with E-state index in [4.69, 9.17) is 11.6 Å². The zero-order valence-electron chi connectivity index (χ0n) is 12.4. The number of hydrogen-bond donors (Lipinski definition) is 2. The molecule has 1 aromatic carbocycles. The summed E-state index contributed by atoms with van der Waals surface area (Å²) in [5.41, 5.74) is 0.785. The molecule has 0 aliphatic heterocycles. The van der Waals surface area contributed by atoms with Gasteiger partial charge in [-0.2, -0.15) is 0 Å². The molecule has 0 atom stereocenters. The molecule has 0 radical (unpaired) electrons. The lowest BCUT2D eigenvalue weighted by atomic mass is 10.2. The van der Waals surface area contributed by atoms with Gasteiger partial charge in [0.15, 0.2) is 0 Å². The van der Waals surface area contributed by atoms with Gasteiger partial charge >= 0.3 is 0 Å². The van der Waals surface area contributed by atoms with Crippen LogP contribution in [0, 0.1) is 5.92 Å². The number of halogens is 1. The Labute approximate surface area is 127 Å². The monoisotopic (exact) mass is 318 g/mol. The van der Waals surface area contributed by atoms with Crippen LogP contribution < -0.4 is 10.0 Å². The van der Waals surface area contributed by atoms with E-state index in [2.05, 4.69) is 10.0 Å². The molecule has 114 valence electrons. The SMILES string of the molecule is CC(C)CNS(=O)(=O)c1ccc(Cl)c(CNC(C)C)c1. The van der Waals surface area contributed by atoms with Gasteiger partial charge in [0.05, 0.1) is 4.90 Å². The molecular weight excluding hydrogens is 296 g/mol. The van der Waals surface area contributed by atoms with Crippen molar-refractivity contribution in [3.63, 3.8) is 0 Å². The van der Waals surface area contributed by atoms with E-state index in [9.17, 15) is 8.42 Å². The Hall–Kier alpha value is -0.620. The lowest BCUT2D eigenvalue weighted by Crippen LogP contribution is -2.28. The molecule has 0 aromatic heterocycles. The predicted molar refractivity (Wildman–Crippen MR) is 83.5 cm³/mol. The molecule has 0 bridgehead atoms. The quantitative estimate of drug-likeness (QED) is 0.812. The van der Waals surface area contributed by atoms with Crippen LogP contribution in [0.5, 0.6) is 0 Å². The van der Waals surface area contributed by atoms with Gasteiger partial charge in [0.25, 0.3) is 0 Å². The van der Waals surface area contributed by atoms with E-state index in [1.165, 1.54) is 6.07 Å². The second-order valence-corrected chi connectivity index (χ2v) is 7.71. The van der Waals surface area contributed by atoms with Gasteiger partial charge in [0, 0.05) is 24.2 Å². The van der Waals surface area contributed by atoms with E-state index >= 15 is 0 Å². The highest BCUT2D eigenvalue weighted by Gasteiger charge is 2.16. The maximum atomic E-state index is 12.2. The topological polar surface area (TPSA) is 58.2 Å². The van der Waals surface area contributed by atoms with E-state index in [0.717, 1.165) is 5.56 Å². The maximum absolute atomic E-state index is 12.2. The van der Waals surface area contributed by atoms with E-state index in [1.54, 1.807) is 12.1 Å². The molecule has 4 nitrogen and oxygen atoms in total. The summed E-state index contributed by atoms with van der Waals surface area (Å²) in [4.78, 5) is 0.253. The number of hydrogen-bond acceptors (Lipinski definition) is 3. The van der Waals surface area contributed by atoms with E-state index in [0.29, 0.717) is 24.2 Å². The van der Waals surface area contributed by atoms with Crippen molar-refractivity contribution in [1.29, 1.82) is 0 Å². The van der Waals surface area contributed by atoms with E-state index in [-0.39, 0.29) is 10.8 Å². The summed E-state index contributed by atoms with van der Waals surface area (Å²) in [6.07, 6.45) is 0. The first-order valence-electron chi connectivity index (χ1n) is 6.74. The third kappa shape index (κ3) is 5.40. The van der Waals surface area contributed by atoms with Crippen LogP contribution in [0.4, 0.5) is 0 Å². The van der Waals surface area contributed by atoms with Crippen molar-refractivity contribution in [3.8, 4) is 0 Å². The van der Waals surface area contributed by atoms with Crippen LogP contribution in [0.15, 0.2) is 23.1 Å². The van der Waals surface area contributed by atoms with Crippen molar-refractivity contribution >= 4 is 21.6 Å². The van der Waals surface area contributed by atoms with Crippen molar-refractivity contribution in [1.82, 2.24) is 10.0 Å². The molecule has 0 spiro atoms. The molecule has 0 heterocycles. The average Bonchev–Trinajstić information content (AvgIpc) is 2.35. The third-order valence-corrected chi connectivity index (χ3v) is 4.50. The normalized spacial score (nSPS) is 12.3. The Morgan fingerprint density at radius 1 is 1.20 bits per heavy atom. The van der Waals surface area contributed by atoms with E-state index < -0.39 is 10.0 Å². The summed E-state index contributed by atoms with van der Waals surface area (Å²) in [6.45, 7) is 8.94. The first-order chi connectivity index (χ1) is 9.22. The summed E-state index contributed by atoms with van der Waals surface area (Å²) in [7, 11) is -3.47. The zero-order valence-corrected chi connectivity index (χ0v) is 14.0. The maximum Gasteiger partial charge on any atom is 0.240 e. The molecule has 6 heteroatoms. The largest absolute Gasteiger partial charge is 0.310 e. The van der Waals surface area contributed by atoms with Crippen molar-refractivity contribution in [3.05, 3.63) is 28.8 Å². The summed E-state index contributed by atoms with van der Waals surface area (Å²) in [5.74, 6) is 0.263. The van der Waals surface area contributed by atoms with Crippen LogP contribution in [0.3, 0.4) is 0 Å². The second-order valence-electron chi connectivity index (χ2n) is 5.53. The third-order valence-electron chi connectivity index (χ3n) is 2.71. The average molecular weight is 319 g/mol. The predicted octanol–water partition coefficient (Wildman–Crippen LogP) is 2.77. The Morgan fingerprint density at radius 2 is 1.85 bits per heavy atom. The number of sulfonamides is 1. The molecular formula is C14H23ClN2O2S. The molecule has 0 aliphatic rings. The lowest BCUT2D eigenvalue weighted by molar-refractivity contribution is 0.559. The molecule has 0 fully saturated rings. The van der Waals surface area contributed by atoms with Crippen LogP contribution >= 0.6 is 11.6 Å². The zero-order chi connectivity index (χ0) is 15.3.